The number of nitrogens with one attached hydrogen (secondary N) is 1. The number of aromatic amines is 1. The standard InChI is InChI=1S/C16H18N6O2/c1-21-14(19-20-16(21)23)12-11(9-2-3-9)4-6-22(12)15-13-10(5-7-24-13)8-17-18-15/h5,7-9,11-12H,2-4,6H2,1H3,(H,20,23). The van der Waals surface area contributed by atoms with Crippen LogP contribution in [0.25, 0.3) is 11.0 Å². The van der Waals surface area contributed by atoms with Crippen molar-refractivity contribution in [2.24, 2.45) is 18.9 Å². The SMILES string of the molecule is Cn1c(C2C(C3CC3)CCN2c2nncc3ccoc23)n[nH]c1=O. The fourth-order valence-electron chi connectivity index (χ4n) is 4.01. The number of anilines is 1. The highest BCUT2D eigenvalue weighted by Crippen LogP contribution is 2.51. The molecule has 2 aliphatic rings. The molecule has 0 amide bonds. The van der Waals surface area contributed by atoms with E-state index in [1.807, 2.05) is 6.07 Å². The van der Waals surface area contributed by atoms with Crippen LogP contribution >= 0.6 is 0 Å². The molecule has 3 aromatic heterocycles. The second-order valence-corrected chi connectivity index (χ2v) is 6.75. The molecule has 1 saturated carbocycles. The van der Waals surface area contributed by atoms with E-state index in [9.17, 15) is 4.79 Å². The Morgan fingerprint density at radius 3 is 2.96 bits per heavy atom. The molecule has 124 valence electrons. The zero-order chi connectivity index (χ0) is 16.3. The van der Waals surface area contributed by atoms with Gasteiger partial charge in [-0.05, 0) is 37.2 Å². The maximum atomic E-state index is 11.9. The van der Waals surface area contributed by atoms with E-state index in [4.69, 9.17) is 4.42 Å². The van der Waals surface area contributed by atoms with Crippen molar-refractivity contribution in [3.63, 3.8) is 0 Å². The minimum absolute atomic E-state index is 0.0199. The minimum Gasteiger partial charge on any atom is -0.460 e. The number of H-pyrrole nitrogens is 1. The molecule has 1 N–H and O–H groups in total. The summed E-state index contributed by atoms with van der Waals surface area (Å²) >= 11 is 0. The number of hydrogen-bond donors (Lipinski definition) is 1. The summed E-state index contributed by atoms with van der Waals surface area (Å²) in [7, 11) is 1.76. The molecule has 1 aliphatic carbocycles. The number of fused-ring (bicyclic) bond motifs is 1. The van der Waals surface area contributed by atoms with Crippen molar-refractivity contribution in [2.45, 2.75) is 25.3 Å². The Kier molecular flexibility index (Phi) is 2.83. The van der Waals surface area contributed by atoms with E-state index in [0.717, 1.165) is 35.6 Å². The molecule has 0 spiro atoms. The highest BCUT2D eigenvalue weighted by molar-refractivity contribution is 5.86. The molecule has 5 rings (SSSR count). The van der Waals surface area contributed by atoms with Crippen molar-refractivity contribution in [2.75, 3.05) is 11.4 Å². The lowest BCUT2D eigenvalue weighted by atomic mass is 9.94. The molecule has 1 aliphatic heterocycles. The highest BCUT2D eigenvalue weighted by Gasteiger charge is 2.47. The van der Waals surface area contributed by atoms with E-state index in [2.05, 4.69) is 25.3 Å². The van der Waals surface area contributed by atoms with E-state index in [0.29, 0.717) is 11.8 Å². The highest BCUT2D eigenvalue weighted by atomic mass is 16.3. The molecule has 4 heterocycles. The van der Waals surface area contributed by atoms with Crippen LogP contribution in [0.2, 0.25) is 0 Å². The van der Waals surface area contributed by atoms with Gasteiger partial charge in [0.15, 0.2) is 17.2 Å². The van der Waals surface area contributed by atoms with E-state index < -0.39 is 0 Å². The largest absolute Gasteiger partial charge is 0.460 e. The summed E-state index contributed by atoms with van der Waals surface area (Å²) in [4.78, 5) is 14.1. The van der Waals surface area contributed by atoms with Crippen molar-refractivity contribution in [3.05, 3.63) is 34.8 Å². The smallest absolute Gasteiger partial charge is 0.343 e. The van der Waals surface area contributed by atoms with Gasteiger partial charge in [0.2, 0.25) is 0 Å². The third-order valence-electron chi connectivity index (χ3n) is 5.37. The Hall–Kier alpha value is -2.64. The normalized spacial score (nSPS) is 24.1. The molecule has 0 bridgehead atoms. The van der Waals surface area contributed by atoms with Crippen LogP contribution < -0.4 is 10.6 Å². The average molecular weight is 326 g/mol. The molecule has 2 unspecified atom stereocenters. The lowest BCUT2D eigenvalue weighted by Gasteiger charge is -2.27. The minimum atomic E-state index is -0.186. The van der Waals surface area contributed by atoms with Crippen molar-refractivity contribution >= 4 is 16.8 Å². The summed E-state index contributed by atoms with van der Waals surface area (Å²) in [6.45, 7) is 0.862. The molecule has 3 aromatic rings. The molecule has 0 radical (unpaired) electrons. The van der Waals surface area contributed by atoms with Crippen LogP contribution in [0, 0.1) is 11.8 Å². The van der Waals surface area contributed by atoms with E-state index in [-0.39, 0.29) is 11.7 Å². The molecule has 24 heavy (non-hydrogen) atoms. The molecular weight excluding hydrogens is 308 g/mol. The Labute approximate surface area is 137 Å². The van der Waals surface area contributed by atoms with Crippen molar-refractivity contribution in [1.82, 2.24) is 25.0 Å². The van der Waals surface area contributed by atoms with Gasteiger partial charge >= 0.3 is 5.69 Å². The number of aromatic nitrogens is 5. The first-order valence-electron chi connectivity index (χ1n) is 8.31. The number of furan rings is 1. The molecule has 0 aromatic carbocycles. The van der Waals surface area contributed by atoms with Crippen LogP contribution in [0.15, 0.2) is 27.7 Å². The van der Waals surface area contributed by atoms with Crippen LogP contribution in [-0.2, 0) is 7.05 Å². The van der Waals surface area contributed by atoms with Gasteiger partial charge in [0.1, 0.15) is 0 Å². The number of hydrogen-bond acceptors (Lipinski definition) is 6. The van der Waals surface area contributed by atoms with Crippen LogP contribution in [0.3, 0.4) is 0 Å². The molecule has 8 heteroatoms. The Balaban J connectivity index is 1.65. The van der Waals surface area contributed by atoms with Gasteiger partial charge in [-0.15, -0.1) is 5.10 Å². The molecule has 8 nitrogen and oxygen atoms in total. The first kappa shape index (κ1) is 13.8. The second kappa shape index (κ2) is 4.93. The maximum absolute atomic E-state index is 11.9. The van der Waals surface area contributed by atoms with Gasteiger partial charge in [-0.2, -0.15) is 10.2 Å². The molecular formula is C16H18N6O2. The fraction of sp³-hybridized carbons (Fsp3) is 0.500. The first-order valence-corrected chi connectivity index (χ1v) is 8.31. The zero-order valence-corrected chi connectivity index (χ0v) is 13.3. The summed E-state index contributed by atoms with van der Waals surface area (Å²) in [6, 6.07) is 1.91. The number of rotatable bonds is 3. The lowest BCUT2D eigenvalue weighted by molar-refractivity contribution is 0.405. The number of nitrogens with zero attached hydrogens (tertiary/aromatic N) is 5. The summed E-state index contributed by atoms with van der Waals surface area (Å²) in [5.74, 6) is 2.68. The maximum Gasteiger partial charge on any atom is 0.343 e. The Bertz CT molecular complexity index is 953. The second-order valence-electron chi connectivity index (χ2n) is 6.75. The summed E-state index contributed by atoms with van der Waals surface area (Å²) in [5, 5.41) is 16.3. The van der Waals surface area contributed by atoms with Crippen molar-refractivity contribution in [3.8, 4) is 0 Å². The predicted octanol–water partition coefficient (Wildman–Crippen LogP) is 1.62. The predicted molar refractivity (Wildman–Crippen MR) is 86.6 cm³/mol. The molecule has 2 fully saturated rings. The first-order chi connectivity index (χ1) is 11.7. The lowest BCUT2D eigenvalue weighted by Crippen LogP contribution is -2.30. The van der Waals surface area contributed by atoms with Crippen molar-refractivity contribution in [1.29, 1.82) is 0 Å². The Morgan fingerprint density at radius 1 is 1.33 bits per heavy atom. The molecule has 2 atom stereocenters. The fourth-order valence-corrected chi connectivity index (χ4v) is 4.01. The van der Waals surface area contributed by atoms with Crippen molar-refractivity contribution < 1.29 is 4.42 Å². The average Bonchev–Trinajstić information content (AvgIpc) is 3.02. The van der Waals surface area contributed by atoms with Crippen LogP contribution in [0.4, 0.5) is 5.82 Å². The summed E-state index contributed by atoms with van der Waals surface area (Å²) in [6.07, 6.45) is 6.94. The van der Waals surface area contributed by atoms with Crippen LogP contribution in [0.5, 0.6) is 0 Å². The third kappa shape index (κ3) is 1.92. The van der Waals surface area contributed by atoms with Crippen LogP contribution in [0.1, 0.15) is 31.1 Å². The van der Waals surface area contributed by atoms with Gasteiger partial charge < -0.3 is 9.32 Å². The van der Waals surface area contributed by atoms with Gasteiger partial charge in [-0.25, -0.2) is 9.89 Å². The monoisotopic (exact) mass is 326 g/mol. The zero-order valence-electron chi connectivity index (χ0n) is 13.3. The van der Waals surface area contributed by atoms with Gasteiger partial charge in [-0.1, -0.05) is 0 Å². The summed E-state index contributed by atoms with van der Waals surface area (Å²) < 4.78 is 7.26. The van der Waals surface area contributed by atoms with Gasteiger partial charge in [-0.3, -0.25) is 4.57 Å². The van der Waals surface area contributed by atoms with E-state index >= 15 is 0 Å². The van der Waals surface area contributed by atoms with Gasteiger partial charge in [0.25, 0.3) is 0 Å². The van der Waals surface area contributed by atoms with E-state index in [1.165, 1.54) is 12.8 Å². The quantitative estimate of drug-likeness (QED) is 0.786. The Morgan fingerprint density at radius 2 is 2.21 bits per heavy atom. The third-order valence-corrected chi connectivity index (χ3v) is 5.37. The van der Waals surface area contributed by atoms with Gasteiger partial charge in [0.05, 0.1) is 18.5 Å². The van der Waals surface area contributed by atoms with Gasteiger partial charge in [0, 0.05) is 19.0 Å². The molecule has 1 saturated heterocycles. The summed E-state index contributed by atoms with van der Waals surface area (Å²) in [5.41, 5.74) is 0.556. The topological polar surface area (TPSA) is 92.8 Å². The van der Waals surface area contributed by atoms with Crippen LogP contribution in [-0.4, -0.2) is 31.5 Å². The van der Waals surface area contributed by atoms with E-state index in [1.54, 1.807) is 24.1 Å².